The summed E-state index contributed by atoms with van der Waals surface area (Å²) in [6.45, 7) is 4.49. The first kappa shape index (κ1) is 16.2. The summed E-state index contributed by atoms with van der Waals surface area (Å²) in [5, 5.41) is 11.3. The summed E-state index contributed by atoms with van der Waals surface area (Å²) in [4.78, 5) is 22.6. The van der Waals surface area contributed by atoms with Crippen molar-refractivity contribution in [1.82, 2.24) is 0 Å². The van der Waals surface area contributed by atoms with Gasteiger partial charge in [0.2, 0.25) is 0 Å². The smallest absolute Gasteiger partial charge is 0.412 e. The summed E-state index contributed by atoms with van der Waals surface area (Å²) in [5.41, 5.74) is -1.28. The highest BCUT2D eigenvalue weighted by atomic mass is 35.5. The van der Waals surface area contributed by atoms with Crippen LogP contribution in [0.25, 0.3) is 0 Å². The van der Waals surface area contributed by atoms with E-state index in [-0.39, 0.29) is 28.7 Å². The van der Waals surface area contributed by atoms with E-state index < -0.39 is 17.5 Å². The lowest BCUT2D eigenvalue weighted by atomic mass is 10.0. The lowest BCUT2D eigenvalue weighted by Gasteiger charge is -2.24. The van der Waals surface area contributed by atoms with E-state index in [4.69, 9.17) is 16.3 Å². The first-order valence-corrected chi connectivity index (χ1v) is 6.16. The molecule has 0 atom stereocenters. The Hall–Kier alpha value is -1.82. The van der Waals surface area contributed by atoms with Crippen LogP contribution in [0, 0.1) is 5.82 Å². The molecule has 0 fully saturated rings. The van der Waals surface area contributed by atoms with Crippen LogP contribution < -0.4 is 5.32 Å². The summed E-state index contributed by atoms with van der Waals surface area (Å²) in [6, 6.07) is 1.84. The topological polar surface area (TPSA) is 75.6 Å². The molecule has 0 saturated carbocycles. The van der Waals surface area contributed by atoms with E-state index in [0.29, 0.717) is 0 Å². The Kier molecular flexibility index (Phi) is 4.94. The largest absolute Gasteiger partial charge is 0.506 e. The third-order valence-electron chi connectivity index (χ3n) is 2.32. The molecular weight excluding hydrogens is 289 g/mol. The molecule has 1 rings (SSSR count). The summed E-state index contributed by atoms with van der Waals surface area (Å²) >= 11 is 5.51. The van der Waals surface area contributed by atoms with Crippen molar-refractivity contribution in [1.29, 1.82) is 0 Å². The average Bonchev–Trinajstić information content (AvgIpc) is 2.22. The molecule has 0 aliphatic carbocycles. The maximum absolute atomic E-state index is 13.5. The van der Waals surface area contributed by atoms with Gasteiger partial charge in [-0.1, -0.05) is 11.6 Å². The number of halogens is 2. The van der Waals surface area contributed by atoms with Crippen molar-refractivity contribution in [2.75, 3.05) is 5.32 Å². The van der Waals surface area contributed by atoms with Gasteiger partial charge in [-0.3, -0.25) is 10.1 Å². The zero-order chi connectivity index (χ0) is 15.5. The van der Waals surface area contributed by atoms with Gasteiger partial charge in [-0.25, -0.2) is 9.18 Å². The zero-order valence-corrected chi connectivity index (χ0v) is 12.0. The van der Waals surface area contributed by atoms with E-state index in [1.165, 1.54) is 6.92 Å². The number of phenolic OH excluding ortho intramolecular Hbond substituents is 1. The molecule has 7 heteroatoms. The van der Waals surface area contributed by atoms with Gasteiger partial charge in [-0.15, -0.1) is 0 Å². The third kappa shape index (κ3) is 4.70. The molecule has 0 heterocycles. The minimum absolute atomic E-state index is 0.0365. The van der Waals surface area contributed by atoms with Crippen LogP contribution >= 0.6 is 11.6 Å². The van der Waals surface area contributed by atoms with E-state index in [2.05, 4.69) is 5.32 Å². The van der Waals surface area contributed by atoms with Gasteiger partial charge in [0.05, 0.1) is 10.7 Å². The molecule has 0 bridgehead atoms. The van der Waals surface area contributed by atoms with Crippen molar-refractivity contribution in [3.8, 4) is 5.75 Å². The summed E-state index contributed by atoms with van der Waals surface area (Å²) in [5.74, 6) is -1.32. The Morgan fingerprint density at radius 1 is 1.45 bits per heavy atom. The van der Waals surface area contributed by atoms with Gasteiger partial charge in [0, 0.05) is 12.5 Å². The highest BCUT2D eigenvalue weighted by molar-refractivity contribution is 6.32. The molecule has 0 aliphatic rings. The van der Waals surface area contributed by atoms with Gasteiger partial charge in [0.15, 0.2) is 0 Å². The average molecular weight is 304 g/mol. The van der Waals surface area contributed by atoms with Crippen molar-refractivity contribution in [3.05, 3.63) is 23.0 Å². The number of ketones is 1. The Morgan fingerprint density at radius 2 is 2.05 bits per heavy atom. The highest BCUT2D eigenvalue weighted by Gasteiger charge is 2.25. The quantitative estimate of drug-likeness (QED) is 0.892. The monoisotopic (exact) mass is 303 g/mol. The molecule has 0 unspecified atom stereocenters. The van der Waals surface area contributed by atoms with Gasteiger partial charge < -0.3 is 9.84 Å². The molecule has 0 aromatic heterocycles. The van der Waals surface area contributed by atoms with Crippen molar-refractivity contribution in [3.63, 3.8) is 0 Å². The Balaban J connectivity index is 2.77. The number of Topliss-reactive ketones (excluding diaryl/α,β-unsaturated/α-hetero) is 1. The van der Waals surface area contributed by atoms with E-state index in [1.807, 2.05) is 0 Å². The van der Waals surface area contributed by atoms with Crippen LogP contribution in [0.1, 0.15) is 27.2 Å². The fourth-order valence-electron chi connectivity index (χ4n) is 1.66. The molecule has 5 nitrogen and oxygen atoms in total. The molecule has 0 aliphatic heterocycles. The fourth-order valence-corrected chi connectivity index (χ4v) is 1.81. The number of aromatic hydroxyl groups is 1. The molecule has 1 aromatic carbocycles. The number of carbonyl (C=O) groups excluding carboxylic acids is 2. The SMILES string of the molecule is CC(=O)CC(C)(C)OC(=O)Nc1cc(O)c(Cl)cc1F. The second-order valence-electron chi connectivity index (χ2n) is 4.94. The van der Waals surface area contributed by atoms with Crippen LogP contribution in [0.15, 0.2) is 12.1 Å². The van der Waals surface area contributed by atoms with Crippen LogP contribution in [-0.4, -0.2) is 22.6 Å². The predicted octanol–water partition coefficient (Wildman–Crippen LogP) is 3.49. The minimum Gasteiger partial charge on any atom is -0.506 e. The van der Waals surface area contributed by atoms with E-state index in [0.717, 1.165) is 12.1 Å². The molecule has 1 aromatic rings. The number of rotatable bonds is 4. The number of hydrogen-bond donors (Lipinski definition) is 2. The van der Waals surface area contributed by atoms with Gasteiger partial charge in [0.1, 0.15) is 23.0 Å². The standard InChI is InChI=1S/C13H15ClFNO4/c1-7(17)6-13(2,3)20-12(19)16-10-5-11(18)8(14)4-9(10)15/h4-5,18H,6H2,1-3H3,(H,16,19). The minimum atomic E-state index is -1.01. The molecule has 2 N–H and O–H groups in total. The van der Waals surface area contributed by atoms with Gasteiger partial charge in [-0.2, -0.15) is 0 Å². The number of phenols is 1. The number of benzene rings is 1. The van der Waals surface area contributed by atoms with Crippen molar-refractivity contribution < 1.29 is 23.8 Å². The number of nitrogens with one attached hydrogen (secondary N) is 1. The molecule has 20 heavy (non-hydrogen) atoms. The number of hydrogen-bond acceptors (Lipinski definition) is 4. The maximum Gasteiger partial charge on any atom is 0.412 e. The number of carbonyl (C=O) groups is 2. The second kappa shape index (κ2) is 6.09. The lowest BCUT2D eigenvalue weighted by Crippen LogP contribution is -2.32. The molecule has 0 saturated heterocycles. The predicted molar refractivity (Wildman–Crippen MR) is 72.6 cm³/mol. The molecule has 0 radical (unpaired) electrons. The normalized spacial score (nSPS) is 11.1. The summed E-state index contributed by atoms with van der Waals surface area (Å²) < 4.78 is 18.5. The number of anilines is 1. The summed E-state index contributed by atoms with van der Waals surface area (Å²) in [7, 11) is 0. The molecular formula is C13H15ClFNO4. The number of amides is 1. The van der Waals surface area contributed by atoms with Gasteiger partial charge in [0.25, 0.3) is 0 Å². The lowest BCUT2D eigenvalue weighted by molar-refractivity contribution is -0.120. The van der Waals surface area contributed by atoms with E-state index in [1.54, 1.807) is 13.8 Å². The fraction of sp³-hybridized carbons (Fsp3) is 0.385. The Bertz CT molecular complexity index is 545. The summed E-state index contributed by atoms with van der Waals surface area (Å²) in [6.07, 6.45) is -0.897. The molecule has 0 spiro atoms. The van der Waals surface area contributed by atoms with Crippen LogP contribution in [0.5, 0.6) is 5.75 Å². The van der Waals surface area contributed by atoms with Crippen LogP contribution in [0.2, 0.25) is 5.02 Å². The Labute approximate surface area is 120 Å². The van der Waals surface area contributed by atoms with E-state index >= 15 is 0 Å². The van der Waals surface area contributed by atoms with E-state index in [9.17, 15) is 19.1 Å². The van der Waals surface area contributed by atoms with Crippen molar-refractivity contribution in [2.45, 2.75) is 32.8 Å². The van der Waals surface area contributed by atoms with Crippen LogP contribution in [-0.2, 0) is 9.53 Å². The maximum atomic E-state index is 13.5. The molecule has 1 amide bonds. The van der Waals surface area contributed by atoms with Gasteiger partial charge >= 0.3 is 6.09 Å². The number of ether oxygens (including phenoxy) is 1. The first-order chi connectivity index (χ1) is 9.10. The second-order valence-corrected chi connectivity index (χ2v) is 5.34. The van der Waals surface area contributed by atoms with Crippen LogP contribution in [0.4, 0.5) is 14.9 Å². The Morgan fingerprint density at radius 3 is 2.60 bits per heavy atom. The van der Waals surface area contributed by atoms with Gasteiger partial charge in [-0.05, 0) is 26.8 Å². The first-order valence-electron chi connectivity index (χ1n) is 5.78. The van der Waals surface area contributed by atoms with Crippen LogP contribution in [0.3, 0.4) is 0 Å². The molecule has 110 valence electrons. The van der Waals surface area contributed by atoms with Crippen molar-refractivity contribution in [2.24, 2.45) is 0 Å². The zero-order valence-electron chi connectivity index (χ0n) is 11.3. The third-order valence-corrected chi connectivity index (χ3v) is 2.62. The highest BCUT2D eigenvalue weighted by Crippen LogP contribution is 2.29. The van der Waals surface area contributed by atoms with Crippen molar-refractivity contribution >= 4 is 29.2 Å².